The molecule has 0 rings (SSSR count). The summed E-state index contributed by atoms with van der Waals surface area (Å²) in [7, 11) is 0. The molecule has 14 heavy (non-hydrogen) atoms. The van der Waals surface area contributed by atoms with E-state index in [0.29, 0.717) is 0 Å². The number of nitriles is 1. The van der Waals surface area contributed by atoms with Gasteiger partial charge < -0.3 is 0 Å². The van der Waals surface area contributed by atoms with Crippen molar-refractivity contribution >= 4 is 0 Å². The summed E-state index contributed by atoms with van der Waals surface area (Å²) in [5, 5.41) is 8.33. The molecular weight excluding hydrogens is 170 g/mol. The van der Waals surface area contributed by atoms with Crippen molar-refractivity contribution in [2.24, 2.45) is 0 Å². The van der Waals surface area contributed by atoms with Crippen molar-refractivity contribution in [3.63, 3.8) is 0 Å². The lowest BCUT2D eigenvalue weighted by molar-refractivity contribution is 0.695. The molecule has 0 fully saturated rings. The fourth-order valence-electron chi connectivity index (χ4n) is 1.39. The molecule has 1 nitrogen and oxygen atoms in total. The Morgan fingerprint density at radius 2 is 1.57 bits per heavy atom. The smallest absolute Gasteiger partial charge is 0.0621 e. The number of allylic oxidation sites excluding steroid dienone is 2. The largest absolute Gasteiger partial charge is 0.198 e. The van der Waals surface area contributed by atoms with Crippen LogP contribution in [0.3, 0.4) is 0 Å². The maximum atomic E-state index is 8.33. The summed E-state index contributed by atoms with van der Waals surface area (Å²) in [6.07, 6.45) is 15.3. The van der Waals surface area contributed by atoms with E-state index in [4.69, 9.17) is 5.26 Å². The van der Waals surface area contributed by atoms with Crippen LogP contribution in [-0.2, 0) is 0 Å². The second-order valence-corrected chi connectivity index (χ2v) is 3.72. The summed E-state index contributed by atoms with van der Waals surface area (Å²) in [4.78, 5) is 0. The zero-order valence-electron chi connectivity index (χ0n) is 9.47. The van der Waals surface area contributed by atoms with Crippen molar-refractivity contribution in [3.05, 3.63) is 12.2 Å². The van der Waals surface area contributed by atoms with Crippen LogP contribution in [0.25, 0.3) is 0 Å². The van der Waals surface area contributed by atoms with Gasteiger partial charge in [-0.15, -0.1) is 0 Å². The Bertz CT molecular complexity index is 165. The molecule has 80 valence electrons. The van der Waals surface area contributed by atoms with Gasteiger partial charge in [0, 0.05) is 6.42 Å². The van der Waals surface area contributed by atoms with Crippen LogP contribution in [0.2, 0.25) is 0 Å². The van der Waals surface area contributed by atoms with Crippen LogP contribution in [-0.4, -0.2) is 0 Å². The Kier molecular flexibility index (Phi) is 11.6. The first kappa shape index (κ1) is 13.2. The predicted molar refractivity (Wildman–Crippen MR) is 62.0 cm³/mol. The highest BCUT2D eigenvalue weighted by atomic mass is 14.2. The van der Waals surface area contributed by atoms with E-state index in [-0.39, 0.29) is 0 Å². The SMILES string of the molecule is CCCCCC=CCCCCCC#N. The van der Waals surface area contributed by atoms with E-state index in [1.54, 1.807) is 0 Å². The average Bonchev–Trinajstić information content (AvgIpc) is 2.21. The van der Waals surface area contributed by atoms with Crippen molar-refractivity contribution in [3.8, 4) is 6.07 Å². The van der Waals surface area contributed by atoms with E-state index >= 15 is 0 Å². The second-order valence-electron chi connectivity index (χ2n) is 3.72. The molecule has 0 aromatic carbocycles. The van der Waals surface area contributed by atoms with Crippen LogP contribution in [0.15, 0.2) is 12.2 Å². The van der Waals surface area contributed by atoms with E-state index in [1.807, 2.05) is 0 Å². The molecule has 0 aromatic heterocycles. The van der Waals surface area contributed by atoms with Crippen LogP contribution in [0.4, 0.5) is 0 Å². The zero-order chi connectivity index (χ0) is 10.5. The highest BCUT2D eigenvalue weighted by Gasteiger charge is 1.86. The summed E-state index contributed by atoms with van der Waals surface area (Å²) in [6, 6.07) is 2.17. The minimum atomic E-state index is 0.722. The molecule has 0 saturated heterocycles. The van der Waals surface area contributed by atoms with E-state index in [0.717, 1.165) is 12.8 Å². The molecule has 0 saturated carbocycles. The van der Waals surface area contributed by atoms with Gasteiger partial charge in [-0.05, 0) is 32.1 Å². The molecule has 0 bridgehead atoms. The zero-order valence-corrected chi connectivity index (χ0v) is 9.47. The van der Waals surface area contributed by atoms with Gasteiger partial charge in [-0.3, -0.25) is 0 Å². The predicted octanol–water partition coefficient (Wildman–Crippen LogP) is 4.60. The van der Waals surface area contributed by atoms with Gasteiger partial charge in [-0.1, -0.05) is 38.3 Å². The summed E-state index contributed by atoms with van der Waals surface area (Å²) < 4.78 is 0. The van der Waals surface area contributed by atoms with Crippen LogP contribution in [0, 0.1) is 11.3 Å². The molecule has 0 aliphatic heterocycles. The molecule has 1 heteroatoms. The van der Waals surface area contributed by atoms with Gasteiger partial charge >= 0.3 is 0 Å². The van der Waals surface area contributed by atoms with Gasteiger partial charge in [-0.25, -0.2) is 0 Å². The topological polar surface area (TPSA) is 23.8 Å². The number of unbranched alkanes of at least 4 members (excludes halogenated alkanes) is 7. The first-order valence-electron chi connectivity index (χ1n) is 5.93. The lowest BCUT2D eigenvalue weighted by atomic mass is 10.1. The van der Waals surface area contributed by atoms with Gasteiger partial charge in [-0.2, -0.15) is 5.26 Å². The molecular formula is C13H23N. The third kappa shape index (κ3) is 11.2. The molecule has 0 aliphatic carbocycles. The lowest BCUT2D eigenvalue weighted by Gasteiger charge is -1.94. The summed E-state index contributed by atoms with van der Waals surface area (Å²) in [5.74, 6) is 0. The van der Waals surface area contributed by atoms with Gasteiger partial charge in [0.1, 0.15) is 0 Å². The summed E-state index contributed by atoms with van der Waals surface area (Å²) >= 11 is 0. The monoisotopic (exact) mass is 193 g/mol. The first-order chi connectivity index (χ1) is 6.91. The number of hydrogen-bond acceptors (Lipinski definition) is 1. The van der Waals surface area contributed by atoms with Crippen LogP contribution >= 0.6 is 0 Å². The van der Waals surface area contributed by atoms with Crippen molar-refractivity contribution < 1.29 is 0 Å². The van der Waals surface area contributed by atoms with Crippen molar-refractivity contribution in [1.82, 2.24) is 0 Å². The standard InChI is InChI=1S/C13H23N/c1-2-3-4-5-6-7-8-9-10-11-12-13-14/h6-7H,2-5,8-12H2,1H3. The number of rotatable bonds is 9. The molecule has 0 atom stereocenters. The number of hydrogen-bond donors (Lipinski definition) is 0. The van der Waals surface area contributed by atoms with E-state index in [2.05, 4.69) is 25.1 Å². The molecule has 0 spiro atoms. The molecule has 0 unspecified atom stereocenters. The quantitative estimate of drug-likeness (QED) is 0.388. The van der Waals surface area contributed by atoms with Crippen LogP contribution < -0.4 is 0 Å². The van der Waals surface area contributed by atoms with Crippen LogP contribution in [0.5, 0.6) is 0 Å². The average molecular weight is 193 g/mol. The Labute approximate surface area is 88.8 Å². The first-order valence-corrected chi connectivity index (χ1v) is 5.93. The van der Waals surface area contributed by atoms with Crippen LogP contribution in [0.1, 0.15) is 64.7 Å². The Hall–Kier alpha value is -0.770. The third-order valence-corrected chi connectivity index (χ3v) is 2.30. The minimum absolute atomic E-state index is 0.722. The Morgan fingerprint density at radius 1 is 0.929 bits per heavy atom. The maximum absolute atomic E-state index is 8.33. The van der Waals surface area contributed by atoms with Gasteiger partial charge in [0.2, 0.25) is 0 Å². The summed E-state index contributed by atoms with van der Waals surface area (Å²) in [6.45, 7) is 2.24. The van der Waals surface area contributed by atoms with Crippen molar-refractivity contribution in [2.45, 2.75) is 64.7 Å². The molecule has 0 radical (unpaired) electrons. The second kappa shape index (κ2) is 12.2. The Balaban J connectivity index is 3.00. The van der Waals surface area contributed by atoms with Crippen molar-refractivity contribution in [2.75, 3.05) is 0 Å². The summed E-state index contributed by atoms with van der Waals surface area (Å²) in [5.41, 5.74) is 0. The maximum Gasteiger partial charge on any atom is 0.0621 e. The fraction of sp³-hybridized carbons (Fsp3) is 0.769. The molecule has 0 aromatic rings. The molecule has 0 aliphatic rings. The lowest BCUT2D eigenvalue weighted by Crippen LogP contribution is -1.75. The van der Waals surface area contributed by atoms with Gasteiger partial charge in [0.05, 0.1) is 6.07 Å². The minimum Gasteiger partial charge on any atom is -0.198 e. The van der Waals surface area contributed by atoms with Gasteiger partial charge in [0.25, 0.3) is 0 Å². The molecule has 0 N–H and O–H groups in total. The molecule has 0 amide bonds. The van der Waals surface area contributed by atoms with Gasteiger partial charge in [0.15, 0.2) is 0 Å². The van der Waals surface area contributed by atoms with Crippen molar-refractivity contribution in [1.29, 1.82) is 5.26 Å². The fourth-order valence-corrected chi connectivity index (χ4v) is 1.39. The van der Waals surface area contributed by atoms with E-state index in [1.165, 1.54) is 44.9 Å². The highest BCUT2D eigenvalue weighted by molar-refractivity contribution is 4.81. The normalized spacial score (nSPS) is 10.6. The Morgan fingerprint density at radius 3 is 2.14 bits per heavy atom. The molecule has 0 heterocycles. The van der Waals surface area contributed by atoms with E-state index < -0.39 is 0 Å². The number of nitrogens with zero attached hydrogens (tertiary/aromatic N) is 1. The highest BCUT2D eigenvalue weighted by Crippen LogP contribution is 2.04. The van der Waals surface area contributed by atoms with E-state index in [9.17, 15) is 0 Å². The third-order valence-electron chi connectivity index (χ3n) is 2.30.